The molecule has 4 heterocycles. The molecule has 0 atom stereocenters. The van der Waals surface area contributed by atoms with E-state index in [2.05, 4.69) is 15.1 Å². The summed E-state index contributed by atoms with van der Waals surface area (Å²) in [5.41, 5.74) is 2.19. The molecule has 0 fully saturated rings. The van der Waals surface area contributed by atoms with E-state index in [1.165, 1.54) is 0 Å². The number of benzene rings is 1. The molecule has 8 heteroatoms. The van der Waals surface area contributed by atoms with E-state index in [0.29, 0.717) is 46.7 Å². The van der Waals surface area contributed by atoms with Crippen molar-refractivity contribution in [1.82, 2.24) is 14.4 Å². The van der Waals surface area contributed by atoms with Crippen LogP contribution >= 0.6 is 0 Å². The van der Waals surface area contributed by atoms with Crippen molar-refractivity contribution < 1.29 is 19.1 Å². The Morgan fingerprint density at radius 3 is 2.65 bits per heavy atom. The average Bonchev–Trinajstić information content (AvgIpc) is 3.30. The fraction of sp³-hybridized carbons (Fsp3) is 0.0870. The van der Waals surface area contributed by atoms with Gasteiger partial charge in [-0.15, -0.1) is 0 Å². The normalized spacial score (nSPS) is 11.8. The standard InChI is InChI=1S/C23H18N4O4/c28-26-20-14-23(21-12-16-2-1-9-27(16)15-25-21)31-22-4-3-18(13-19(20)22)30-11-10-29-17-5-7-24-8-6-17/h1-9,12-15,28H,10-11H2. The third-order valence-electron chi connectivity index (χ3n) is 4.76. The minimum absolute atomic E-state index is 0.357. The molecule has 0 unspecified atom stereocenters. The topological polar surface area (TPSA) is 94.4 Å². The predicted octanol–water partition coefficient (Wildman–Crippen LogP) is 3.89. The highest BCUT2D eigenvalue weighted by Crippen LogP contribution is 2.24. The van der Waals surface area contributed by atoms with Gasteiger partial charge in [0.2, 0.25) is 0 Å². The Morgan fingerprint density at radius 2 is 1.81 bits per heavy atom. The van der Waals surface area contributed by atoms with Crippen LogP contribution < -0.4 is 14.8 Å². The average molecular weight is 414 g/mol. The molecule has 0 aliphatic rings. The lowest BCUT2D eigenvalue weighted by molar-refractivity contribution is 0.217. The lowest BCUT2D eigenvalue weighted by Crippen LogP contribution is -2.09. The van der Waals surface area contributed by atoms with Gasteiger partial charge in [0.25, 0.3) is 0 Å². The summed E-state index contributed by atoms with van der Waals surface area (Å²) in [7, 11) is 0. The largest absolute Gasteiger partial charge is 0.490 e. The summed E-state index contributed by atoms with van der Waals surface area (Å²) in [6.07, 6.45) is 6.97. The van der Waals surface area contributed by atoms with Crippen LogP contribution in [0.3, 0.4) is 0 Å². The van der Waals surface area contributed by atoms with Gasteiger partial charge in [-0.1, -0.05) is 5.16 Å². The smallest absolute Gasteiger partial charge is 0.155 e. The van der Waals surface area contributed by atoms with Gasteiger partial charge in [0.05, 0.1) is 11.7 Å². The van der Waals surface area contributed by atoms with Gasteiger partial charge in [-0.3, -0.25) is 4.98 Å². The summed E-state index contributed by atoms with van der Waals surface area (Å²) in [4.78, 5) is 8.38. The first-order valence-electron chi connectivity index (χ1n) is 9.65. The van der Waals surface area contributed by atoms with E-state index in [-0.39, 0.29) is 0 Å². The van der Waals surface area contributed by atoms with Crippen LogP contribution in [0.15, 0.2) is 89.1 Å². The molecule has 0 saturated heterocycles. The van der Waals surface area contributed by atoms with E-state index >= 15 is 0 Å². The van der Waals surface area contributed by atoms with E-state index in [9.17, 15) is 5.21 Å². The summed E-state index contributed by atoms with van der Waals surface area (Å²) in [6.45, 7) is 0.742. The second-order valence-electron chi connectivity index (χ2n) is 6.75. The van der Waals surface area contributed by atoms with Crippen LogP contribution in [0.1, 0.15) is 0 Å². The maximum Gasteiger partial charge on any atom is 0.155 e. The summed E-state index contributed by atoms with van der Waals surface area (Å²) in [5, 5.41) is 14.0. The van der Waals surface area contributed by atoms with Crippen molar-refractivity contribution >= 4 is 16.5 Å². The Kier molecular flexibility index (Phi) is 4.94. The quantitative estimate of drug-likeness (QED) is 0.257. The van der Waals surface area contributed by atoms with Crippen LogP contribution in [0.25, 0.3) is 27.9 Å². The van der Waals surface area contributed by atoms with E-state index in [1.54, 1.807) is 55.1 Å². The van der Waals surface area contributed by atoms with Gasteiger partial charge >= 0.3 is 0 Å². The molecule has 0 amide bonds. The van der Waals surface area contributed by atoms with Gasteiger partial charge in [0.15, 0.2) is 5.76 Å². The van der Waals surface area contributed by atoms with Crippen molar-refractivity contribution in [1.29, 1.82) is 0 Å². The van der Waals surface area contributed by atoms with Crippen LogP contribution in [0, 0.1) is 0 Å². The van der Waals surface area contributed by atoms with E-state index < -0.39 is 0 Å². The third kappa shape index (κ3) is 3.91. The SMILES string of the molecule is ON=c1cc(-c2cc3cccn3cn2)oc2ccc(OCCOc3ccncc3)cc12. The summed E-state index contributed by atoms with van der Waals surface area (Å²) in [6, 6.07) is 16.4. The minimum Gasteiger partial charge on any atom is -0.490 e. The summed E-state index contributed by atoms with van der Waals surface area (Å²) < 4.78 is 19.3. The molecule has 31 heavy (non-hydrogen) atoms. The predicted molar refractivity (Wildman–Crippen MR) is 113 cm³/mol. The van der Waals surface area contributed by atoms with Gasteiger partial charge in [-0.25, -0.2) is 4.98 Å². The van der Waals surface area contributed by atoms with Crippen LogP contribution in [-0.4, -0.2) is 32.8 Å². The Bertz CT molecular complexity index is 1410. The third-order valence-corrected chi connectivity index (χ3v) is 4.76. The molecule has 0 aliphatic heterocycles. The number of nitrogens with zero attached hydrogens (tertiary/aromatic N) is 4. The van der Waals surface area contributed by atoms with Crippen LogP contribution in [-0.2, 0) is 0 Å². The molecule has 5 aromatic rings. The zero-order valence-electron chi connectivity index (χ0n) is 16.4. The number of hydrogen-bond donors (Lipinski definition) is 1. The molecule has 154 valence electrons. The van der Waals surface area contributed by atoms with E-state index in [0.717, 1.165) is 11.3 Å². The zero-order chi connectivity index (χ0) is 21.0. The highest BCUT2D eigenvalue weighted by Gasteiger charge is 2.10. The van der Waals surface area contributed by atoms with Crippen molar-refractivity contribution in [2.75, 3.05) is 13.2 Å². The number of aromatic nitrogens is 3. The van der Waals surface area contributed by atoms with Crippen molar-refractivity contribution in [2.24, 2.45) is 5.16 Å². The Morgan fingerprint density at radius 1 is 0.968 bits per heavy atom. The molecule has 0 spiro atoms. The lowest BCUT2D eigenvalue weighted by Gasteiger charge is -2.09. The molecule has 0 saturated carbocycles. The van der Waals surface area contributed by atoms with Gasteiger partial charge in [0, 0.05) is 30.2 Å². The highest BCUT2D eigenvalue weighted by molar-refractivity contribution is 5.80. The van der Waals surface area contributed by atoms with Crippen molar-refractivity contribution in [3.63, 3.8) is 0 Å². The molecule has 1 aromatic carbocycles. The second-order valence-corrected chi connectivity index (χ2v) is 6.75. The molecule has 5 rings (SSSR count). The number of hydrogen-bond acceptors (Lipinski definition) is 7. The Hall–Kier alpha value is -4.33. The maximum atomic E-state index is 9.57. The first kappa shape index (κ1) is 18.7. The number of ether oxygens (including phenoxy) is 2. The van der Waals surface area contributed by atoms with Gasteiger partial charge in [0.1, 0.15) is 41.3 Å². The first-order valence-corrected chi connectivity index (χ1v) is 9.65. The fourth-order valence-corrected chi connectivity index (χ4v) is 3.27. The Labute approximate surface area is 176 Å². The molecule has 0 bridgehead atoms. The maximum absolute atomic E-state index is 9.57. The van der Waals surface area contributed by atoms with Gasteiger partial charge in [-0.2, -0.15) is 0 Å². The molecule has 4 aromatic heterocycles. The first-order chi connectivity index (χ1) is 15.3. The van der Waals surface area contributed by atoms with Crippen molar-refractivity contribution in [2.45, 2.75) is 0 Å². The van der Waals surface area contributed by atoms with Crippen LogP contribution in [0.2, 0.25) is 0 Å². The molecule has 8 nitrogen and oxygen atoms in total. The van der Waals surface area contributed by atoms with Crippen LogP contribution in [0.4, 0.5) is 0 Å². The molecule has 1 N–H and O–H groups in total. The van der Waals surface area contributed by atoms with Crippen LogP contribution in [0.5, 0.6) is 11.5 Å². The molecular weight excluding hydrogens is 396 g/mol. The monoisotopic (exact) mass is 414 g/mol. The van der Waals surface area contributed by atoms with E-state index in [1.807, 2.05) is 28.8 Å². The molecular formula is C23H18N4O4. The van der Waals surface area contributed by atoms with Gasteiger partial charge < -0.3 is 23.5 Å². The van der Waals surface area contributed by atoms with E-state index in [4.69, 9.17) is 13.9 Å². The lowest BCUT2D eigenvalue weighted by atomic mass is 10.2. The summed E-state index contributed by atoms with van der Waals surface area (Å²) in [5.74, 6) is 1.85. The number of pyridine rings is 1. The fourth-order valence-electron chi connectivity index (χ4n) is 3.27. The Balaban J connectivity index is 1.38. The van der Waals surface area contributed by atoms with Crippen molar-refractivity contribution in [3.8, 4) is 23.0 Å². The minimum atomic E-state index is 0.357. The highest BCUT2D eigenvalue weighted by atomic mass is 16.5. The number of fused-ring (bicyclic) bond motifs is 2. The summed E-state index contributed by atoms with van der Waals surface area (Å²) >= 11 is 0. The molecule has 0 radical (unpaired) electrons. The molecule has 0 aliphatic carbocycles. The second kappa shape index (κ2) is 8.19. The van der Waals surface area contributed by atoms with Crippen molar-refractivity contribution in [3.05, 3.63) is 84.9 Å². The zero-order valence-corrected chi connectivity index (χ0v) is 16.4. The van der Waals surface area contributed by atoms with Gasteiger partial charge in [-0.05, 0) is 48.5 Å². The number of rotatable bonds is 6.